The fraction of sp³-hybridized carbons (Fsp3) is 0.0667. The van der Waals surface area contributed by atoms with Gasteiger partial charge in [-0.25, -0.2) is 0 Å². The standard InChI is InChI=1S/C15H15ClN2/c16-14-8-4-7-13(9-14)15(17)11-18-10-12-5-2-1-3-6-12/h1-9,11,18H,10,17H2/b15-11-. The maximum atomic E-state index is 5.97. The van der Waals surface area contributed by atoms with Gasteiger partial charge in [0.15, 0.2) is 0 Å². The first-order valence-corrected chi connectivity index (χ1v) is 6.12. The predicted molar refractivity (Wildman–Crippen MR) is 76.9 cm³/mol. The van der Waals surface area contributed by atoms with Crippen LogP contribution in [0.15, 0.2) is 60.8 Å². The minimum Gasteiger partial charge on any atom is -0.397 e. The first-order valence-electron chi connectivity index (χ1n) is 5.74. The molecule has 0 saturated carbocycles. The Balaban J connectivity index is 1.97. The van der Waals surface area contributed by atoms with E-state index in [1.807, 2.05) is 42.5 Å². The lowest BCUT2D eigenvalue weighted by Gasteiger charge is -2.05. The third-order valence-electron chi connectivity index (χ3n) is 2.56. The van der Waals surface area contributed by atoms with Gasteiger partial charge >= 0.3 is 0 Å². The Morgan fingerprint density at radius 1 is 1.11 bits per heavy atom. The van der Waals surface area contributed by atoms with E-state index in [-0.39, 0.29) is 0 Å². The average molecular weight is 259 g/mol. The van der Waals surface area contributed by atoms with Crippen LogP contribution in [-0.2, 0) is 6.54 Å². The number of halogens is 1. The van der Waals surface area contributed by atoms with Crippen molar-refractivity contribution in [3.05, 3.63) is 76.9 Å². The molecule has 0 atom stereocenters. The summed E-state index contributed by atoms with van der Waals surface area (Å²) in [6.07, 6.45) is 1.80. The Morgan fingerprint density at radius 3 is 2.61 bits per heavy atom. The van der Waals surface area contributed by atoms with Gasteiger partial charge in [0.2, 0.25) is 0 Å². The van der Waals surface area contributed by atoms with Crippen molar-refractivity contribution in [3.63, 3.8) is 0 Å². The number of benzene rings is 2. The second kappa shape index (κ2) is 6.12. The number of nitrogens with one attached hydrogen (secondary N) is 1. The summed E-state index contributed by atoms with van der Waals surface area (Å²) >= 11 is 5.92. The summed E-state index contributed by atoms with van der Waals surface area (Å²) in [6.45, 7) is 0.752. The van der Waals surface area contributed by atoms with Gasteiger partial charge < -0.3 is 11.1 Å². The predicted octanol–water partition coefficient (Wildman–Crippen LogP) is 3.39. The van der Waals surface area contributed by atoms with Crippen molar-refractivity contribution in [1.29, 1.82) is 0 Å². The first-order chi connectivity index (χ1) is 8.75. The normalized spacial score (nSPS) is 11.3. The molecule has 2 nitrogen and oxygen atoms in total. The molecule has 0 fully saturated rings. The molecule has 92 valence electrons. The second-order valence-corrected chi connectivity index (χ2v) is 4.41. The lowest BCUT2D eigenvalue weighted by molar-refractivity contribution is 0.870. The molecule has 0 aliphatic carbocycles. The summed E-state index contributed by atoms with van der Waals surface area (Å²) in [5, 5.41) is 3.88. The van der Waals surface area contributed by atoms with Crippen molar-refractivity contribution in [2.45, 2.75) is 6.54 Å². The summed E-state index contributed by atoms with van der Waals surface area (Å²) in [6, 6.07) is 17.7. The van der Waals surface area contributed by atoms with Crippen molar-refractivity contribution in [1.82, 2.24) is 5.32 Å². The monoisotopic (exact) mass is 258 g/mol. The summed E-state index contributed by atoms with van der Waals surface area (Å²) in [5.74, 6) is 0. The average Bonchev–Trinajstić information content (AvgIpc) is 2.40. The molecule has 0 amide bonds. The Kier molecular flexibility index (Phi) is 4.26. The van der Waals surface area contributed by atoms with E-state index in [0.717, 1.165) is 12.1 Å². The van der Waals surface area contributed by atoms with Crippen molar-refractivity contribution >= 4 is 17.3 Å². The zero-order chi connectivity index (χ0) is 12.8. The molecular weight excluding hydrogens is 244 g/mol. The number of hydrogen-bond donors (Lipinski definition) is 2. The molecule has 2 aromatic rings. The van der Waals surface area contributed by atoms with Crippen LogP contribution in [0, 0.1) is 0 Å². The van der Waals surface area contributed by atoms with Crippen LogP contribution in [0.5, 0.6) is 0 Å². The summed E-state index contributed by atoms with van der Waals surface area (Å²) in [7, 11) is 0. The number of hydrogen-bond acceptors (Lipinski definition) is 2. The molecule has 0 heterocycles. The van der Waals surface area contributed by atoms with E-state index >= 15 is 0 Å². The molecule has 2 rings (SSSR count). The van der Waals surface area contributed by atoms with E-state index in [4.69, 9.17) is 17.3 Å². The van der Waals surface area contributed by atoms with Crippen molar-refractivity contribution in [2.24, 2.45) is 5.73 Å². The zero-order valence-corrected chi connectivity index (χ0v) is 10.7. The molecule has 0 aliphatic heterocycles. The van der Waals surface area contributed by atoms with Crippen LogP contribution in [0.4, 0.5) is 0 Å². The van der Waals surface area contributed by atoms with Crippen LogP contribution < -0.4 is 11.1 Å². The molecule has 2 aromatic carbocycles. The minimum absolute atomic E-state index is 0.674. The maximum absolute atomic E-state index is 5.97. The topological polar surface area (TPSA) is 38.0 Å². The number of rotatable bonds is 4. The van der Waals surface area contributed by atoms with Crippen LogP contribution in [-0.4, -0.2) is 0 Å². The lowest BCUT2D eigenvalue weighted by Crippen LogP contribution is -2.08. The molecule has 0 bridgehead atoms. The van der Waals surface area contributed by atoms with Crippen LogP contribution in [0.2, 0.25) is 5.02 Å². The summed E-state index contributed by atoms with van der Waals surface area (Å²) in [5.41, 5.74) is 8.78. The third kappa shape index (κ3) is 3.54. The molecule has 3 N–H and O–H groups in total. The van der Waals surface area contributed by atoms with Crippen LogP contribution in [0.25, 0.3) is 5.70 Å². The Hall–Kier alpha value is -1.93. The molecule has 0 radical (unpaired) electrons. The van der Waals surface area contributed by atoms with Crippen LogP contribution >= 0.6 is 11.6 Å². The minimum atomic E-state index is 0.674. The van der Waals surface area contributed by atoms with Gasteiger partial charge in [-0.1, -0.05) is 54.1 Å². The molecule has 18 heavy (non-hydrogen) atoms. The Labute approximate surface area is 112 Å². The van der Waals surface area contributed by atoms with Gasteiger partial charge in [0.25, 0.3) is 0 Å². The van der Waals surface area contributed by atoms with Gasteiger partial charge in [0, 0.05) is 23.3 Å². The summed E-state index contributed by atoms with van der Waals surface area (Å²) < 4.78 is 0. The molecule has 0 saturated heterocycles. The lowest BCUT2D eigenvalue weighted by atomic mass is 10.2. The zero-order valence-electron chi connectivity index (χ0n) is 9.94. The SMILES string of the molecule is N/C(=C\NCc1ccccc1)c1cccc(Cl)c1. The highest BCUT2D eigenvalue weighted by Crippen LogP contribution is 2.14. The van der Waals surface area contributed by atoms with Gasteiger partial charge in [-0.2, -0.15) is 0 Å². The largest absolute Gasteiger partial charge is 0.397 e. The quantitative estimate of drug-likeness (QED) is 0.882. The van der Waals surface area contributed by atoms with Gasteiger partial charge in [0.05, 0.1) is 5.70 Å². The third-order valence-corrected chi connectivity index (χ3v) is 2.80. The Bertz CT molecular complexity index is 535. The van der Waals surface area contributed by atoms with Gasteiger partial charge in [-0.15, -0.1) is 0 Å². The van der Waals surface area contributed by atoms with Gasteiger partial charge in [-0.05, 0) is 17.7 Å². The van der Waals surface area contributed by atoms with Gasteiger partial charge in [-0.3, -0.25) is 0 Å². The van der Waals surface area contributed by atoms with Crippen molar-refractivity contribution in [2.75, 3.05) is 0 Å². The van der Waals surface area contributed by atoms with Gasteiger partial charge in [0.1, 0.15) is 0 Å². The molecule has 0 aliphatic rings. The van der Waals surface area contributed by atoms with E-state index in [9.17, 15) is 0 Å². The smallest absolute Gasteiger partial charge is 0.0547 e. The van der Waals surface area contributed by atoms with E-state index < -0.39 is 0 Å². The summed E-state index contributed by atoms with van der Waals surface area (Å²) in [4.78, 5) is 0. The van der Waals surface area contributed by atoms with Crippen molar-refractivity contribution in [3.8, 4) is 0 Å². The molecule has 0 aromatic heterocycles. The molecular formula is C15H15ClN2. The molecule has 3 heteroatoms. The fourth-order valence-corrected chi connectivity index (χ4v) is 1.82. The Morgan fingerprint density at radius 2 is 1.89 bits per heavy atom. The van der Waals surface area contributed by atoms with Crippen molar-refractivity contribution < 1.29 is 0 Å². The highest BCUT2D eigenvalue weighted by molar-refractivity contribution is 6.30. The van der Waals surface area contributed by atoms with E-state index in [2.05, 4.69) is 17.4 Å². The number of nitrogens with two attached hydrogens (primary N) is 1. The second-order valence-electron chi connectivity index (χ2n) is 3.98. The molecule has 0 unspecified atom stereocenters. The first kappa shape index (κ1) is 12.5. The molecule has 0 spiro atoms. The van der Waals surface area contributed by atoms with E-state index in [1.54, 1.807) is 6.20 Å². The van der Waals surface area contributed by atoms with Crippen LogP contribution in [0.3, 0.4) is 0 Å². The maximum Gasteiger partial charge on any atom is 0.0547 e. The van der Waals surface area contributed by atoms with E-state index in [1.165, 1.54) is 5.56 Å². The highest BCUT2D eigenvalue weighted by atomic mass is 35.5. The fourth-order valence-electron chi connectivity index (χ4n) is 1.63. The van der Waals surface area contributed by atoms with Crippen LogP contribution in [0.1, 0.15) is 11.1 Å². The highest BCUT2D eigenvalue weighted by Gasteiger charge is 1.97. The van der Waals surface area contributed by atoms with E-state index in [0.29, 0.717) is 10.7 Å².